The minimum Gasteiger partial charge on any atom is -0.274 e. The van der Waals surface area contributed by atoms with E-state index in [4.69, 9.17) is 4.99 Å². The number of halogens is 1. The number of carbonyl (C=O) groups excluding carboxylic acids is 2. The van der Waals surface area contributed by atoms with E-state index in [2.05, 4.69) is 22.6 Å². The van der Waals surface area contributed by atoms with Crippen molar-refractivity contribution in [1.82, 2.24) is 0 Å². The van der Waals surface area contributed by atoms with Gasteiger partial charge in [0.25, 0.3) is 5.69 Å². The fourth-order valence-corrected chi connectivity index (χ4v) is 7.16. The fraction of sp³-hybridized carbons (Fsp3) is 0.129. The lowest BCUT2D eigenvalue weighted by atomic mass is 9.47. The first-order chi connectivity index (χ1) is 18.9. The summed E-state index contributed by atoms with van der Waals surface area (Å²) in [5, 5.41) is 11.9. The van der Waals surface area contributed by atoms with Crippen LogP contribution in [0.15, 0.2) is 102 Å². The molecule has 2 bridgehead atoms. The zero-order valence-electron chi connectivity index (χ0n) is 20.4. The molecule has 0 saturated carbocycles. The van der Waals surface area contributed by atoms with E-state index in [0.29, 0.717) is 0 Å². The molecular formula is C31H20IN3O4. The highest BCUT2D eigenvalue weighted by Gasteiger charge is 2.68. The normalized spacial score (nSPS) is 24.5. The first kappa shape index (κ1) is 23.9. The van der Waals surface area contributed by atoms with Gasteiger partial charge in [-0.2, -0.15) is 0 Å². The van der Waals surface area contributed by atoms with Gasteiger partial charge in [0, 0.05) is 21.8 Å². The number of para-hydroxylation sites is 2. The zero-order chi connectivity index (χ0) is 26.9. The smallest absolute Gasteiger partial charge is 0.274 e. The fourth-order valence-electron chi connectivity index (χ4n) is 6.80. The van der Waals surface area contributed by atoms with Gasteiger partial charge in [-0.1, -0.05) is 60.7 Å². The Bertz CT molecular complexity index is 1680. The van der Waals surface area contributed by atoms with Crippen LogP contribution >= 0.6 is 22.6 Å². The van der Waals surface area contributed by atoms with Crippen molar-refractivity contribution >= 4 is 57.7 Å². The molecular weight excluding hydrogens is 605 g/mol. The molecule has 1 heterocycles. The number of aliphatic imine (C=N–C) groups is 1. The highest BCUT2D eigenvalue weighted by Crippen LogP contribution is 2.64. The van der Waals surface area contributed by atoms with Crippen molar-refractivity contribution in [3.8, 4) is 0 Å². The van der Waals surface area contributed by atoms with Crippen LogP contribution in [0.3, 0.4) is 0 Å². The monoisotopic (exact) mass is 625 g/mol. The minimum atomic E-state index is -1.03. The van der Waals surface area contributed by atoms with Crippen LogP contribution in [0.4, 0.5) is 17.1 Å². The predicted molar refractivity (Wildman–Crippen MR) is 155 cm³/mol. The first-order valence-electron chi connectivity index (χ1n) is 12.5. The number of carbonyl (C=O) groups is 2. The highest BCUT2D eigenvalue weighted by molar-refractivity contribution is 14.1. The number of benzene rings is 4. The van der Waals surface area contributed by atoms with Crippen LogP contribution in [-0.4, -0.2) is 23.0 Å². The van der Waals surface area contributed by atoms with E-state index >= 15 is 0 Å². The molecule has 3 aliphatic carbocycles. The van der Waals surface area contributed by atoms with E-state index in [0.717, 1.165) is 36.4 Å². The molecule has 4 aromatic rings. The summed E-state index contributed by atoms with van der Waals surface area (Å²) >= 11 is 2.24. The van der Waals surface area contributed by atoms with E-state index in [1.165, 1.54) is 18.2 Å². The SMILES string of the molecule is O=C1[C@@H]2[C@@H](C(=O)N1c1ccccc1[N+](=O)[O-])C1c3ccccc3C2(C=Nc2ccc(I)cc2)c2ccccc21. The van der Waals surface area contributed by atoms with Crippen LogP contribution in [0.5, 0.6) is 0 Å². The number of nitro benzene ring substituents is 1. The Morgan fingerprint density at radius 2 is 1.41 bits per heavy atom. The van der Waals surface area contributed by atoms with Crippen molar-refractivity contribution in [3.05, 3.63) is 133 Å². The third-order valence-corrected chi connectivity index (χ3v) is 8.97. The number of amides is 2. The molecule has 1 fully saturated rings. The van der Waals surface area contributed by atoms with Crippen molar-refractivity contribution in [1.29, 1.82) is 0 Å². The summed E-state index contributed by atoms with van der Waals surface area (Å²) < 4.78 is 1.08. The van der Waals surface area contributed by atoms with Crippen LogP contribution in [0.1, 0.15) is 28.2 Å². The lowest BCUT2D eigenvalue weighted by Crippen LogP contribution is -2.54. The Hall–Kier alpha value is -4.18. The van der Waals surface area contributed by atoms with Gasteiger partial charge in [-0.3, -0.25) is 24.7 Å². The van der Waals surface area contributed by atoms with E-state index in [-0.39, 0.29) is 17.3 Å². The lowest BCUT2D eigenvalue weighted by Gasteiger charge is -2.52. The van der Waals surface area contributed by atoms with Gasteiger partial charge in [0.15, 0.2) is 0 Å². The standard InChI is InChI=1S/C31H20IN3O4/c32-18-13-15-19(16-14-18)33-17-31-22-9-3-1-7-20(22)26(21-8-2-4-10-23(21)31)27-28(31)30(37)34(29(27)36)24-11-5-6-12-25(24)35(38)39/h1-17,26-28H/t26?,27-,28-,31?/m0/s1. The molecule has 7 nitrogen and oxygen atoms in total. The van der Waals surface area contributed by atoms with Crippen LogP contribution in [0, 0.1) is 25.5 Å². The topological polar surface area (TPSA) is 92.9 Å². The zero-order valence-corrected chi connectivity index (χ0v) is 22.6. The van der Waals surface area contributed by atoms with Crippen molar-refractivity contribution in [2.24, 2.45) is 16.8 Å². The molecule has 2 amide bonds. The Labute approximate surface area is 237 Å². The summed E-state index contributed by atoms with van der Waals surface area (Å²) in [5.74, 6) is -2.72. The molecule has 39 heavy (non-hydrogen) atoms. The van der Waals surface area contributed by atoms with E-state index in [1.807, 2.05) is 79.0 Å². The van der Waals surface area contributed by atoms with Gasteiger partial charge in [0.05, 0.1) is 27.9 Å². The van der Waals surface area contributed by atoms with Gasteiger partial charge in [-0.05, 0) is 75.2 Å². The molecule has 0 radical (unpaired) electrons. The molecule has 8 heteroatoms. The molecule has 0 unspecified atom stereocenters. The number of imide groups is 1. The van der Waals surface area contributed by atoms with E-state index < -0.39 is 34.0 Å². The maximum absolute atomic E-state index is 14.4. The second-order valence-electron chi connectivity index (χ2n) is 10.0. The number of hydrogen-bond donors (Lipinski definition) is 0. The lowest BCUT2D eigenvalue weighted by molar-refractivity contribution is -0.384. The average molecular weight is 625 g/mol. The van der Waals surface area contributed by atoms with Gasteiger partial charge in [-0.25, -0.2) is 4.90 Å². The maximum Gasteiger partial charge on any atom is 0.293 e. The van der Waals surface area contributed by atoms with Crippen molar-refractivity contribution in [3.63, 3.8) is 0 Å². The Morgan fingerprint density at radius 3 is 2.05 bits per heavy atom. The Kier molecular flexibility index (Phi) is 5.31. The van der Waals surface area contributed by atoms with Gasteiger partial charge in [-0.15, -0.1) is 0 Å². The van der Waals surface area contributed by atoms with Crippen LogP contribution < -0.4 is 4.90 Å². The number of hydrogen-bond acceptors (Lipinski definition) is 5. The van der Waals surface area contributed by atoms with Crippen molar-refractivity contribution < 1.29 is 14.5 Å². The summed E-state index contributed by atoms with van der Waals surface area (Å²) in [6, 6.07) is 29.5. The molecule has 8 rings (SSSR count). The molecule has 0 spiro atoms. The summed E-state index contributed by atoms with van der Waals surface area (Å²) in [7, 11) is 0. The van der Waals surface area contributed by atoms with E-state index in [9.17, 15) is 19.7 Å². The second-order valence-corrected chi connectivity index (χ2v) is 11.3. The van der Waals surface area contributed by atoms with Gasteiger partial charge in [0.1, 0.15) is 5.69 Å². The van der Waals surface area contributed by atoms with Crippen LogP contribution in [0.25, 0.3) is 0 Å². The highest BCUT2D eigenvalue weighted by atomic mass is 127. The van der Waals surface area contributed by atoms with Crippen molar-refractivity contribution in [2.75, 3.05) is 4.90 Å². The third-order valence-electron chi connectivity index (χ3n) is 8.25. The predicted octanol–water partition coefficient (Wildman–Crippen LogP) is 6.15. The second kappa shape index (κ2) is 8.67. The number of nitrogens with zero attached hydrogens (tertiary/aromatic N) is 3. The molecule has 2 atom stereocenters. The van der Waals surface area contributed by atoms with Gasteiger partial charge < -0.3 is 0 Å². The third kappa shape index (κ3) is 3.24. The van der Waals surface area contributed by atoms with Gasteiger partial charge >= 0.3 is 0 Å². The summed E-state index contributed by atoms with van der Waals surface area (Å²) in [5.41, 5.74) is 3.28. The number of anilines is 1. The van der Waals surface area contributed by atoms with Gasteiger partial charge in [0.2, 0.25) is 11.8 Å². The molecule has 0 aromatic heterocycles. The van der Waals surface area contributed by atoms with Crippen LogP contribution in [0.2, 0.25) is 0 Å². The Balaban J connectivity index is 1.50. The van der Waals surface area contributed by atoms with Crippen molar-refractivity contribution in [2.45, 2.75) is 11.3 Å². The summed E-state index contributed by atoms with van der Waals surface area (Å²) in [6.07, 6.45) is 1.83. The Morgan fingerprint density at radius 1 is 0.821 bits per heavy atom. The average Bonchev–Trinajstić information content (AvgIpc) is 3.23. The molecule has 190 valence electrons. The molecule has 1 aliphatic heterocycles. The number of nitro groups is 1. The maximum atomic E-state index is 14.4. The minimum absolute atomic E-state index is 0.00383. The van der Waals surface area contributed by atoms with Crippen LogP contribution in [-0.2, 0) is 15.0 Å². The van der Waals surface area contributed by atoms with E-state index in [1.54, 1.807) is 6.07 Å². The quantitative estimate of drug-likeness (QED) is 0.0894. The first-order valence-corrected chi connectivity index (χ1v) is 13.6. The summed E-state index contributed by atoms with van der Waals surface area (Å²) in [6.45, 7) is 0. The molecule has 4 aliphatic rings. The largest absolute Gasteiger partial charge is 0.293 e. The molecule has 4 aromatic carbocycles. The molecule has 1 saturated heterocycles. The molecule has 0 N–H and O–H groups in total. The summed E-state index contributed by atoms with van der Waals surface area (Å²) in [4.78, 5) is 45.9. The number of rotatable bonds is 4.